The van der Waals surface area contributed by atoms with Gasteiger partial charge in [0.25, 0.3) is 0 Å². The number of aryl methyl sites for hydroxylation is 1. The number of nitrogens with zero attached hydrogens (tertiary/aromatic N) is 2. The first-order valence-electron chi connectivity index (χ1n) is 9.04. The normalized spacial score (nSPS) is 11.1. The van der Waals surface area contributed by atoms with Crippen LogP contribution in [0.3, 0.4) is 0 Å². The summed E-state index contributed by atoms with van der Waals surface area (Å²) < 4.78 is 30.7. The molecule has 4 rings (SSSR count). The maximum atomic E-state index is 15.1. The van der Waals surface area contributed by atoms with Gasteiger partial charge < -0.3 is 0 Å². The first kappa shape index (κ1) is 20.9. The summed E-state index contributed by atoms with van der Waals surface area (Å²) >= 11 is 13.6. The van der Waals surface area contributed by atoms with Crippen molar-refractivity contribution in [3.63, 3.8) is 0 Å². The van der Waals surface area contributed by atoms with Crippen LogP contribution in [0.4, 0.5) is 8.78 Å². The molecule has 2 nitrogen and oxygen atoms in total. The highest BCUT2D eigenvalue weighted by Gasteiger charge is 2.24. The number of thioether (sulfide) groups is 1. The third-order valence-electron chi connectivity index (χ3n) is 4.68. The van der Waals surface area contributed by atoms with Crippen molar-refractivity contribution in [3.8, 4) is 28.3 Å². The Morgan fingerprint density at radius 1 is 0.900 bits per heavy atom. The number of hydrogen-bond acceptors (Lipinski definition) is 2. The van der Waals surface area contributed by atoms with Crippen LogP contribution in [0.5, 0.6) is 0 Å². The minimum absolute atomic E-state index is 0.00480. The predicted molar refractivity (Wildman–Crippen MR) is 121 cm³/mol. The predicted octanol–water partition coefficient (Wildman–Crippen LogP) is 7.82. The summed E-state index contributed by atoms with van der Waals surface area (Å²) in [5, 5.41) is 0.648. The zero-order chi connectivity index (χ0) is 21.4. The van der Waals surface area contributed by atoms with E-state index in [0.29, 0.717) is 22.1 Å². The van der Waals surface area contributed by atoms with E-state index in [1.165, 1.54) is 30.0 Å². The van der Waals surface area contributed by atoms with E-state index in [-0.39, 0.29) is 15.7 Å². The lowest BCUT2D eigenvalue weighted by atomic mass is 10.1. The molecule has 0 saturated carbocycles. The fourth-order valence-corrected chi connectivity index (χ4v) is 4.25. The second kappa shape index (κ2) is 8.42. The zero-order valence-corrected chi connectivity index (χ0v) is 18.4. The Morgan fingerprint density at radius 3 is 2.37 bits per heavy atom. The highest BCUT2D eigenvalue weighted by molar-refractivity contribution is 7.98. The zero-order valence-electron chi connectivity index (χ0n) is 16.1. The molecular formula is C23H16Cl2F2N2S. The quantitative estimate of drug-likeness (QED) is 0.288. The van der Waals surface area contributed by atoms with Crippen LogP contribution in [0, 0.1) is 18.6 Å². The molecule has 1 aromatic heterocycles. The molecule has 7 heteroatoms. The lowest BCUT2D eigenvalue weighted by molar-refractivity contribution is 0.619. The second-order valence-electron chi connectivity index (χ2n) is 6.70. The number of rotatable bonds is 4. The Morgan fingerprint density at radius 2 is 1.67 bits per heavy atom. The van der Waals surface area contributed by atoms with E-state index >= 15 is 4.39 Å². The summed E-state index contributed by atoms with van der Waals surface area (Å²) in [5.41, 5.74) is 3.36. The second-order valence-corrected chi connectivity index (χ2v) is 8.31. The van der Waals surface area contributed by atoms with Gasteiger partial charge in [-0.15, -0.1) is 11.8 Å². The third-order valence-corrected chi connectivity index (χ3v) is 5.93. The molecule has 0 spiro atoms. The van der Waals surface area contributed by atoms with Crippen LogP contribution in [0.25, 0.3) is 28.3 Å². The summed E-state index contributed by atoms with van der Waals surface area (Å²) in [4.78, 5) is 4.79. The lowest BCUT2D eigenvalue weighted by Gasteiger charge is -2.15. The van der Waals surface area contributed by atoms with Crippen molar-refractivity contribution in [2.24, 2.45) is 0 Å². The summed E-state index contributed by atoms with van der Waals surface area (Å²) in [6.07, 6.45) is 1.88. The Labute approximate surface area is 187 Å². The number of benzene rings is 3. The van der Waals surface area contributed by atoms with E-state index in [1.54, 1.807) is 22.8 Å². The smallest absolute Gasteiger partial charge is 0.165 e. The molecule has 0 aliphatic heterocycles. The molecule has 0 aliphatic carbocycles. The van der Waals surface area contributed by atoms with E-state index in [9.17, 15) is 4.39 Å². The molecule has 0 aliphatic rings. The van der Waals surface area contributed by atoms with Gasteiger partial charge in [0, 0.05) is 11.1 Å². The van der Waals surface area contributed by atoms with Crippen LogP contribution < -0.4 is 0 Å². The van der Waals surface area contributed by atoms with Crippen LogP contribution in [0.15, 0.2) is 65.7 Å². The van der Waals surface area contributed by atoms with Crippen molar-refractivity contribution < 1.29 is 8.78 Å². The SMILES string of the molecule is CSc1nc(-c2cccc(C)c2)n(-c2cccc(Cl)c2F)c1-c1ccc(F)c(Cl)c1. The molecule has 0 unspecified atom stereocenters. The first-order chi connectivity index (χ1) is 14.4. The molecule has 0 N–H and O–H groups in total. The van der Waals surface area contributed by atoms with Gasteiger partial charge in [-0.1, -0.05) is 53.0 Å². The number of hydrogen-bond donors (Lipinski definition) is 0. The minimum atomic E-state index is -0.562. The average molecular weight is 461 g/mol. The molecule has 0 fully saturated rings. The topological polar surface area (TPSA) is 17.8 Å². The van der Waals surface area contributed by atoms with Crippen molar-refractivity contribution in [1.29, 1.82) is 0 Å². The summed E-state index contributed by atoms with van der Waals surface area (Å²) in [6, 6.07) is 17.0. The number of imidazole rings is 1. The van der Waals surface area contributed by atoms with Crippen LogP contribution in [-0.2, 0) is 0 Å². The average Bonchev–Trinajstić information content (AvgIpc) is 3.11. The Kier molecular flexibility index (Phi) is 5.87. The number of aromatic nitrogens is 2. The van der Waals surface area contributed by atoms with Gasteiger partial charge in [0.05, 0.1) is 21.4 Å². The highest BCUT2D eigenvalue weighted by atomic mass is 35.5. The maximum absolute atomic E-state index is 15.1. The van der Waals surface area contributed by atoms with Gasteiger partial charge >= 0.3 is 0 Å². The van der Waals surface area contributed by atoms with Gasteiger partial charge in [-0.05, 0) is 49.6 Å². The van der Waals surface area contributed by atoms with Crippen molar-refractivity contribution in [3.05, 3.63) is 87.9 Å². The minimum Gasteiger partial charge on any atom is -0.288 e. The largest absolute Gasteiger partial charge is 0.288 e. The molecule has 4 aromatic rings. The summed E-state index contributed by atoms with van der Waals surface area (Å²) in [7, 11) is 0. The van der Waals surface area contributed by atoms with Crippen molar-refractivity contribution in [1.82, 2.24) is 9.55 Å². The van der Waals surface area contributed by atoms with Gasteiger partial charge in [0.2, 0.25) is 0 Å². The molecule has 0 radical (unpaired) electrons. The lowest BCUT2D eigenvalue weighted by Crippen LogP contribution is -2.03. The Balaban J connectivity index is 2.11. The van der Waals surface area contributed by atoms with E-state index in [1.807, 2.05) is 37.4 Å². The monoisotopic (exact) mass is 460 g/mol. The van der Waals surface area contributed by atoms with Gasteiger partial charge in [-0.25, -0.2) is 13.8 Å². The maximum Gasteiger partial charge on any atom is 0.165 e. The van der Waals surface area contributed by atoms with Gasteiger partial charge in [-0.2, -0.15) is 0 Å². The molecule has 0 amide bonds. The Hall–Kier alpha value is -2.34. The molecule has 0 saturated heterocycles. The van der Waals surface area contributed by atoms with E-state index in [0.717, 1.165) is 11.1 Å². The van der Waals surface area contributed by atoms with E-state index in [4.69, 9.17) is 28.2 Å². The van der Waals surface area contributed by atoms with Crippen LogP contribution >= 0.6 is 35.0 Å². The molecule has 1 heterocycles. The van der Waals surface area contributed by atoms with Crippen molar-refractivity contribution >= 4 is 35.0 Å². The third kappa shape index (κ3) is 3.73. The van der Waals surface area contributed by atoms with Crippen molar-refractivity contribution in [2.75, 3.05) is 6.26 Å². The van der Waals surface area contributed by atoms with Gasteiger partial charge in [-0.3, -0.25) is 4.57 Å². The molecule has 0 bridgehead atoms. The van der Waals surface area contributed by atoms with Gasteiger partial charge in [0.1, 0.15) is 16.7 Å². The molecule has 3 aromatic carbocycles. The fraction of sp³-hybridized carbons (Fsp3) is 0.0870. The highest BCUT2D eigenvalue weighted by Crippen LogP contribution is 2.39. The molecular weight excluding hydrogens is 445 g/mol. The summed E-state index contributed by atoms with van der Waals surface area (Å²) in [5.74, 6) is -0.530. The van der Waals surface area contributed by atoms with Crippen LogP contribution in [-0.4, -0.2) is 15.8 Å². The molecule has 0 atom stereocenters. The van der Waals surface area contributed by atoms with E-state index < -0.39 is 11.6 Å². The van der Waals surface area contributed by atoms with E-state index in [2.05, 4.69) is 0 Å². The Bertz CT molecular complexity index is 1250. The van der Waals surface area contributed by atoms with Crippen molar-refractivity contribution in [2.45, 2.75) is 11.9 Å². The molecule has 30 heavy (non-hydrogen) atoms. The molecule has 152 valence electrons. The van der Waals surface area contributed by atoms with Crippen LogP contribution in [0.1, 0.15) is 5.56 Å². The van der Waals surface area contributed by atoms with Gasteiger partial charge in [0.15, 0.2) is 5.82 Å². The first-order valence-corrected chi connectivity index (χ1v) is 11.0. The summed E-state index contributed by atoms with van der Waals surface area (Å²) in [6.45, 7) is 1.98. The number of halogens is 4. The van der Waals surface area contributed by atoms with Crippen LogP contribution in [0.2, 0.25) is 10.0 Å². The fourth-order valence-electron chi connectivity index (χ4n) is 3.32. The standard InChI is InChI=1S/C23H16Cl2F2N2S/c1-13-5-3-6-15(11-13)22-28-23(30-2)21(14-9-10-18(26)17(25)12-14)29(22)19-8-4-7-16(24)20(19)27/h3-12H,1-2H3.